The number of piperidine rings is 1. The Morgan fingerprint density at radius 3 is 2.42 bits per heavy atom. The number of urea groups is 1. The summed E-state index contributed by atoms with van der Waals surface area (Å²) in [5.74, 6) is -0.991. The smallest absolute Gasteiger partial charge is 0.317 e. The molecule has 7 heteroatoms. The quantitative estimate of drug-likeness (QED) is 0.861. The molecule has 1 aromatic carbocycles. The van der Waals surface area contributed by atoms with Crippen LogP contribution in [0.4, 0.5) is 13.6 Å². The second-order valence-electron chi connectivity index (χ2n) is 6.41. The number of nitrogens with one attached hydrogen (secondary N) is 1. The Morgan fingerprint density at radius 2 is 1.92 bits per heavy atom. The van der Waals surface area contributed by atoms with Crippen LogP contribution in [-0.4, -0.2) is 61.3 Å². The van der Waals surface area contributed by atoms with Gasteiger partial charge in [-0.25, -0.2) is 13.6 Å². The van der Waals surface area contributed by atoms with Gasteiger partial charge in [-0.1, -0.05) is 6.07 Å². The summed E-state index contributed by atoms with van der Waals surface area (Å²) in [6.07, 6.45) is 1.53. The lowest BCUT2D eigenvalue weighted by molar-refractivity contribution is 0.135. The van der Waals surface area contributed by atoms with E-state index in [4.69, 9.17) is 5.11 Å². The molecule has 2 N–H and O–H groups in total. The number of rotatable bonds is 5. The zero-order valence-corrected chi connectivity index (χ0v) is 14.1. The third kappa shape index (κ3) is 4.42. The lowest BCUT2D eigenvalue weighted by atomic mass is 9.98. The van der Waals surface area contributed by atoms with Crippen molar-refractivity contribution in [3.05, 3.63) is 35.4 Å². The molecule has 5 nitrogen and oxygen atoms in total. The van der Waals surface area contributed by atoms with Crippen LogP contribution >= 0.6 is 0 Å². The van der Waals surface area contributed by atoms with Crippen LogP contribution in [-0.2, 0) is 0 Å². The maximum absolute atomic E-state index is 14.0. The van der Waals surface area contributed by atoms with Crippen molar-refractivity contribution in [2.45, 2.75) is 18.9 Å². The van der Waals surface area contributed by atoms with Gasteiger partial charge < -0.3 is 20.2 Å². The van der Waals surface area contributed by atoms with Crippen molar-refractivity contribution in [2.24, 2.45) is 5.92 Å². The minimum Gasteiger partial charge on any atom is -0.396 e. The third-order valence-electron chi connectivity index (χ3n) is 4.56. The number of likely N-dealkylation sites (N-methyl/N-ethyl adjacent to an activating group) is 1. The molecule has 0 saturated carbocycles. The number of halogens is 2. The lowest BCUT2D eigenvalue weighted by Crippen LogP contribution is -2.47. The first-order chi connectivity index (χ1) is 11.4. The molecule has 0 bridgehead atoms. The number of benzene rings is 1. The van der Waals surface area contributed by atoms with E-state index in [1.807, 2.05) is 0 Å². The largest absolute Gasteiger partial charge is 0.396 e. The Kier molecular flexibility index (Phi) is 6.51. The molecule has 1 atom stereocenters. The second kappa shape index (κ2) is 8.39. The van der Waals surface area contributed by atoms with Crippen molar-refractivity contribution in [3.63, 3.8) is 0 Å². The number of aliphatic hydroxyl groups excluding tert-OH is 1. The van der Waals surface area contributed by atoms with Gasteiger partial charge in [-0.15, -0.1) is 0 Å². The average Bonchev–Trinajstić information content (AvgIpc) is 2.57. The van der Waals surface area contributed by atoms with Crippen LogP contribution in [0.5, 0.6) is 0 Å². The fourth-order valence-corrected chi connectivity index (χ4v) is 2.99. The number of hydrogen-bond donors (Lipinski definition) is 2. The Bertz CT molecular complexity index is 541. The average molecular weight is 341 g/mol. The minimum atomic E-state index is -0.619. The van der Waals surface area contributed by atoms with Gasteiger partial charge in [-0.3, -0.25) is 0 Å². The van der Waals surface area contributed by atoms with Crippen LogP contribution in [0, 0.1) is 17.6 Å². The number of aliphatic hydroxyl groups is 1. The first-order valence-corrected chi connectivity index (χ1v) is 8.18. The van der Waals surface area contributed by atoms with E-state index in [0.717, 1.165) is 12.8 Å². The number of hydrogen-bond acceptors (Lipinski definition) is 3. The molecular formula is C17H25F2N3O2. The molecule has 1 aliphatic rings. The summed E-state index contributed by atoms with van der Waals surface area (Å²) in [5.41, 5.74) is -0.0400. The molecule has 2 rings (SSSR count). The molecule has 0 radical (unpaired) electrons. The fraction of sp³-hybridized carbons (Fsp3) is 0.588. The van der Waals surface area contributed by atoms with E-state index in [2.05, 4.69) is 5.32 Å². The highest BCUT2D eigenvalue weighted by molar-refractivity contribution is 5.74. The van der Waals surface area contributed by atoms with Crippen molar-refractivity contribution in [1.82, 2.24) is 15.1 Å². The summed E-state index contributed by atoms with van der Waals surface area (Å²) in [6.45, 7) is 1.42. The van der Waals surface area contributed by atoms with Gasteiger partial charge in [-0.2, -0.15) is 0 Å². The molecule has 1 aliphatic heterocycles. The summed E-state index contributed by atoms with van der Waals surface area (Å²) in [4.78, 5) is 15.6. The summed E-state index contributed by atoms with van der Waals surface area (Å²) < 4.78 is 28.0. The molecule has 1 fully saturated rings. The highest BCUT2D eigenvalue weighted by Gasteiger charge is 2.25. The molecule has 0 aromatic heterocycles. The predicted molar refractivity (Wildman–Crippen MR) is 87.6 cm³/mol. The van der Waals surface area contributed by atoms with E-state index in [0.29, 0.717) is 13.1 Å². The van der Waals surface area contributed by atoms with Crippen molar-refractivity contribution >= 4 is 6.03 Å². The van der Waals surface area contributed by atoms with Gasteiger partial charge >= 0.3 is 6.03 Å². The molecule has 2 amide bonds. The number of likely N-dealkylation sites (tertiary alicyclic amines) is 1. The van der Waals surface area contributed by atoms with Crippen LogP contribution in [0.2, 0.25) is 0 Å². The van der Waals surface area contributed by atoms with E-state index in [9.17, 15) is 13.6 Å². The summed E-state index contributed by atoms with van der Waals surface area (Å²) in [5, 5.41) is 11.9. The monoisotopic (exact) mass is 341 g/mol. The molecule has 1 heterocycles. The molecule has 134 valence electrons. The molecule has 0 aliphatic carbocycles. The number of carbonyl (C=O) groups is 1. The van der Waals surface area contributed by atoms with Crippen LogP contribution in [0.15, 0.2) is 18.2 Å². The zero-order valence-electron chi connectivity index (χ0n) is 14.1. The summed E-state index contributed by atoms with van der Waals surface area (Å²) >= 11 is 0. The topological polar surface area (TPSA) is 55.8 Å². The van der Waals surface area contributed by atoms with Crippen molar-refractivity contribution in [1.29, 1.82) is 0 Å². The number of amides is 2. The van der Waals surface area contributed by atoms with Crippen molar-refractivity contribution in [2.75, 3.05) is 40.3 Å². The first kappa shape index (κ1) is 18.6. The van der Waals surface area contributed by atoms with Crippen molar-refractivity contribution < 1.29 is 18.7 Å². The Labute approximate surface area is 141 Å². The normalized spacial score (nSPS) is 17.2. The van der Waals surface area contributed by atoms with Gasteiger partial charge in [-0.05, 0) is 45.0 Å². The number of carbonyl (C=O) groups excluding carboxylic acids is 1. The summed E-state index contributed by atoms with van der Waals surface area (Å²) in [6, 6.07) is 2.93. The minimum absolute atomic E-state index is 0.0400. The Hall–Kier alpha value is -1.73. The van der Waals surface area contributed by atoms with Gasteiger partial charge in [0.1, 0.15) is 11.6 Å². The van der Waals surface area contributed by atoms with Gasteiger partial charge in [0.05, 0.1) is 6.04 Å². The molecule has 1 saturated heterocycles. The first-order valence-electron chi connectivity index (χ1n) is 8.18. The molecule has 1 unspecified atom stereocenters. The third-order valence-corrected chi connectivity index (χ3v) is 4.56. The zero-order chi connectivity index (χ0) is 17.7. The molecule has 24 heavy (non-hydrogen) atoms. The van der Waals surface area contributed by atoms with Crippen LogP contribution in [0.25, 0.3) is 0 Å². The van der Waals surface area contributed by atoms with Gasteiger partial charge in [0.25, 0.3) is 0 Å². The fourth-order valence-electron chi connectivity index (χ4n) is 2.99. The maximum Gasteiger partial charge on any atom is 0.317 e. The Balaban J connectivity index is 1.98. The van der Waals surface area contributed by atoms with Gasteiger partial charge in [0, 0.05) is 31.8 Å². The summed E-state index contributed by atoms with van der Waals surface area (Å²) in [7, 11) is 3.44. The highest BCUT2D eigenvalue weighted by Crippen LogP contribution is 2.24. The SMILES string of the molecule is CN(C)C(CNC(=O)N1CCC(CO)CC1)c1c(F)cccc1F. The highest BCUT2D eigenvalue weighted by atomic mass is 19.1. The van der Waals surface area contributed by atoms with E-state index in [1.165, 1.54) is 18.2 Å². The Morgan fingerprint density at radius 1 is 1.33 bits per heavy atom. The maximum atomic E-state index is 14.0. The van der Waals surface area contributed by atoms with Crippen LogP contribution < -0.4 is 5.32 Å². The molecular weight excluding hydrogens is 316 g/mol. The standard InChI is InChI=1S/C17H25F2N3O2/c1-21(2)15(16-13(18)4-3-5-14(16)19)10-20-17(24)22-8-6-12(11-23)7-9-22/h3-5,12,15,23H,6-11H2,1-2H3,(H,20,24). The van der Waals surface area contributed by atoms with Crippen LogP contribution in [0.1, 0.15) is 24.4 Å². The number of nitrogens with zero attached hydrogens (tertiary/aromatic N) is 2. The van der Waals surface area contributed by atoms with Gasteiger partial charge in [0.15, 0.2) is 0 Å². The van der Waals surface area contributed by atoms with E-state index >= 15 is 0 Å². The lowest BCUT2D eigenvalue weighted by Gasteiger charge is -2.32. The van der Waals surface area contributed by atoms with Gasteiger partial charge in [0.2, 0.25) is 0 Å². The predicted octanol–water partition coefficient (Wildman–Crippen LogP) is 1.98. The van der Waals surface area contributed by atoms with E-state index < -0.39 is 17.7 Å². The van der Waals surface area contributed by atoms with Crippen LogP contribution in [0.3, 0.4) is 0 Å². The van der Waals surface area contributed by atoms with E-state index in [1.54, 1.807) is 23.9 Å². The van der Waals surface area contributed by atoms with E-state index in [-0.39, 0.29) is 30.7 Å². The molecule has 1 aromatic rings. The van der Waals surface area contributed by atoms with Crippen molar-refractivity contribution in [3.8, 4) is 0 Å². The second-order valence-corrected chi connectivity index (χ2v) is 6.41. The molecule has 0 spiro atoms.